The fourth-order valence-electron chi connectivity index (χ4n) is 2.47. The highest BCUT2D eigenvalue weighted by atomic mass is 32.2. The third-order valence-electron chi connectivity index (χ3n) is 4.35. The van der Waals surface area contributed by atoms with Gasteiger partial charge in [0.25, 0.3) is 0 Å². The summed E-state index contributed by atoms with van der Waals surface area (Å²) in [6.07, 6.45) is 4.31. The van der Waals surface area contributed by atoms with Crippen LogP contribution in [0.5, 0.6) is 0 Å². The smallest absolute Gasteiger partial charge is 0.306 e. The van der Waals surface area contributed by atoms with Crippen LogP contribution >= 0.6 is 11.8 Å². The minimum atomic E-state index is -0.437. The lowest BCUT2D eigenvalue weighted by Gasteiger charge is -2.31. The zero-order valence-corrected chi connectivity index (χ0v) is 18.1. The van der Waals surface area contributed by atoms with Crippen LogP contribution in [0.3, 0.4) is 0 Å². The topological polar surface area (TPSA) is 61.8 Å². The number of esters is 1. The molecule has 0 aliphatic carbocycles. The SMILES string of the molecule is C=CCOCC(CC)(COCC=C)COC(=O)CCC(=O)SCc1ccccc1. The Bertz CT molecular complexity index is 615. The van der Waals surface area contributed by atoms with Crippen molar-refractivity contribution in [3.8, 4) is 0 Å². The van der Waals surface area contributed by atoms with E-state index in [1.165, 1.54) is 11.8 Å². The van der Waals surface area contributed by atoms with Gasteiger partial charge in [-0.05, 0) is 12.0 Å². The van der Waals surface area contributed by atoms with Gasteiger partial charge in [0.1, 0.15) is 6.61 Å². The molecule has 0 heterocycles. The van der Waals surface area contributed by atoms with E-state index in [0.29, 0.717) is 32.2 Å². The van der Waals surface area contributed by atoms with Gasteiger partial charge in [0.05, 0.1) is 38.3 Å². The molecule has 0 bridgehead atoms. The molecule has 5 nitrogen and oxygen atoms in total. The Labute approximate surface area is 178 Å². The monoisotopic (exact) mass is 420 g/mol. The van der Waals surface area contributed by atoms with Gasteiger partial charge in [-0.15, -0.1) is 13.2 Å². The standard InChI is InChI=1S/C23H32O5S/c1-4-14-26-17-23(6-3,18-27-15-5-2)19-28-21(24)12-13-22(25)29-16-20-10-8-7-9-11-20/h4-5,7-11H,1-2,6,12-19H2,3H3. The van der Waals surface area contributed by atoms with Crippen molar-refractivity contribution >= 4 is 22.8 Å². The zero-order chi connectivity index (χ0) is 21.4. The lowest BCUT2D eigenvalue weighted by molar-refractivity contribution is -0.152. The number of carbonyl (C=O) groups is 2. The molecule has 0 spiro atoms. The van der Waals surface area contributed by atoms with Crippen LogP contribution in [0.4, 0.5) is 0 Å². The number of ether oxygens (including phenoxy) is 3. The molecule has 0 amide bonds. The van der Waals surface area contributed by atoms with Gasteiger partial charge in [-0.1, -0.05) is 61.2 Å². The Balaban J connectivity index is 2.42. The van der Waals surface area contributed by atoms with Gasteiger partial charge < -0.3 is 14.2 Å². The van der Waals surface area contributed by atoms with Crippen LogP contribution in [0.1, 0.15) is 31.7 Å². The fourth-order valence-corrected chi connectivity index (χ4v) is 3.24. The van der Waals surface area contributed by atoms with E-state index < -0.39 is 5.41 Å². The Hall–Kier alpha value is -1.89. The first-order valence-corrected chi connectivity index (χ1v) is 10.8. The van der Waals surface area contributed by atoms with E-state index in [1.54, 1.807) is 12.2 Å². The van der Waals surface area contributed by atoms with E-state index in [0.717, 1.165) is 12.0 Å². The average Bonchev–Trinajstić information content (AvgIpc) is 2.75. The van der Waals surface area contributed by atoms with Crippen LogP contribution in [-0.4, -0.2) is 44.1 Å². The number of carbonyl (C=O) groups excluding carboxylic acids is 2. The summed E-state index contributed by atoms with van der Waals surface area (Å²) in [6.45, 7) is 11.1. The fraction of sp³-hybridized carbons (Fsp3) is 0.478. The summed E-state index contributed by atoms with van der Waals surface area (Å²) in [5, 5.41) is -0.0174. The Kier molecular flexibility index (Phi) is 13.0. The van der Waals surface area contributed by atoms with Crippen LogP contribution in [0.15, 0.2) is 55.6 Å². The molecular weight excluding hydrogens is 388 g/mol. The van der Waals surface area contributed by atoms with Crippen molar-refractivity contribution in [2.24, 2.45) is 5.41 Å². The Morgan fingerprint density at radius 2 is 1.62 bits per heavy atom. The summed E-state index contributed by atoms with van der Waals surface area (Å²) in [6, 6.07) is 9.77. The molecule has 1 aromatic carbocycles. The van der Waals surface area contributed by atoms with Gasteiger partial charge in [0.15, 0.2) is 5.12 Å². The van der Waals surface area contributed by atoms with Crippen molar-refractivity contribution in [2.45, 2.75) is 31.9 Å². The number of thioether (sulfide) groups is 1. The first kappa shape index (κ1) is 25.1. The van der Waals surface area contributed by atoms with E-state index >= 15 is 0 Å². The first-order valence-electron chi connectivity index (χ1n) is 9.77. The van der Waals surface area contributed by atoms with Crippen LogP contribution in [0, 0.1) is 5.41 Å². The van der Waals surface area contributed by atoms with Crippen LogP contribution in [0.2, 0.25) is 0 Å². The summed E-state index contributed by atoms with van der Waals surface area (Å²) in [5.74, 6) is 0.221. The van der Waals surface area contributed by atoms with Gasteiger partial charge >= 0.3 is 5.97 Å². The van der Waals surface area contributed by atoms with E-state index in [2.05, 4.69) is 13.2 Å². The molecule has 0 fully saturated rings. The lowest BCUT2D eigenvalue weighted by atomic mass is 9.88. The highest BCUT2D eigenvalue weighted by Crippen LogP contribution is 2.24. The second kappa shape index (κ2) is 15.0. The molecule has 1 aromatic rings. The molecule has 0 aliphatic heterocycles. The largest absolute Gasteiger partial charge is 0.465 e. The van der Waals surface area contributed by atoms with E-state index in [1.807, 2.05) is 37.3 Å². The predicted molar refractivity (Wildman–Crippen MR) is 118 cm³/mol. The molecule has 0 aliphatic rings. The first-order chi connectivity index (χ1) is 14.0. The second-order valence-electron chi connectivity index (χ2n) is 6.77. The van der Waals surface area contributed by atoms with Crippen molar-refractivity contribution in [1.29, 1.82) is 0 Å². The minimum absolute atomic E-state index is 0.0174. The van der Waals surface area contributed by atoms with Gasteiger partial charge in [0.2, 0.25) is 0 Å². The summed E-state index contributed by atoms with van der Waals surface area (Å²) in [7, 11) is 0. The van der Waals surface area contributed by atoms with Gasteiger partial charge in [-0.3, -0.25) is 9.59 Å². The summed E-state index contributed by atoms with van der Waals surface area (Å²) in [4.78, 5) is 24.2. The van der Waals surface area contributed by atoms with Crippen molar-refractivity contribution in [1.82, 2.24) is 0 Å². The van der Waals surface area contributed by atoms with Crippen LogP contribution in [-0.2, 0) is 29.6 Å². The number of hydrogen-bond acceptors (Lipinski definition) is 6. The average molecular weight is 421 g/mol. The van der Waals surface area contributed by atoms with E-state index in [-0.39, 0.29) is 30.5 Å². The van der Waals surface area contributed by atoms with Crippen LogP contribution in [0.25, 0.3) is 0 Å². The van der Waals surface area contributed by atoms with E-state index in [9.17, 15) is 9.59 Å². The predicted octanol–water partition coefficient (Wildman–Crippen LogP) is 4.57. The third kappa shape index (κ3) is 11.0. The molecule has 29 heavy (non-hydrogen) atoms. The summed E-state index contributed by atoms with van der Waals surface area (Å²) in [5.41, 5.74) is 0.647. The number of hydrogen-bond donors (Lipinski definition) is 0. The van der Waals surface area contributed by atoms with E-state index in [4.69, 9.17) is 14.2 Å². The molecule has 0 radical (unpaired) electrons. The number of benzene rings is 1. The summed E-state index contributed by atoms with van der Waals surface area (Å²) >= 11 is 1.22. The van der Waals surface area contributed by atoms with Crippen molar-refractivity contribution < 1.29 is 23.8 Å². The Morgan fingerprint density at radius 3 is 2.17 bits per heavy atom. The molecule has 0 unspecified atom stereocenters. The number of rotatable bonds is 16. The molecule has 0 atom stereocenters. The highest BCUT2D eigenvalue weighted by molar-refractivity contribution is 8.12. The second-order valence-corrected chi connectivity index (χ2v) is 7.80. The van der Waals surface area contributed by atoms with Crippen LogP contribution < -0.4 is 0 Å². The van der Waals surface area contributed by atoms with Crippen molar-refractivity contribution in [2.75, 3.05) is 33.0 Å². The molecule has 6 heteroatoms. The molecule has 160 valence electrons. The quantitative estimate of drug-likeness (QED) is 0.222. The van der Waals surface area contributed by atoms with Gasteiger partial charge in [0, 0.05) is 12.2 Å². The van der Waals surface area contributed by atoms with Gasteiger partial charge in [-0.2, -0.15) is 0 Å². The normalized spacial score (nSPS) is 11.1. The molecule has 0 aromatic heterocycles. The molecule has 1 rings (SSSR count). The molecular formula is C23H32O5S. The zero-order valence-electron chi connectivity index (χ0n) is 17.3. The van der Waals surface area contributed by atoms with Crippen molar-refractivity contribution in [3.63, 3.8) is 0 Å². The lowest BCUT2D eigenvalue weighted by Crippen LogP contribution is -2.37. The molecule has 0 saturated carbocycles. The summed E-state index contributed by atoms with van der Waals surface area (Å²) < 4.78 is 16.7. The molecule has 0 saturated heterocycles. The molecule has 0 N–H and O–H groups in total. The highest BCUT2D eigenvalue weighted by Gasteiger charge is 2.31. The maximum absolute atomic E-state index is 12.1. The maximum atomic E-state index is 12.1. The Morgan fingerprint density at radius 1 is 1.00 bits per heavy atom. The van der Waals surface area contributed by atoms with Crippen molar-refractivity contribution in [3.05, 3.63) is 61.2 Å². The van der Waals surface area contributed by atoms with Gasteiger partial charge in [-0.25, -0.2) is 0 Å². The maximum Gasteiger partial charge on any atom is 0.306 e. The third-order valence-corrected chi connectivity index (χ3v) is 5.36. The minimum Gasteiger partial charge on any atom is -0.465 e.